The summed E-state index contributed by atoms with van der Waals surface area (Å²) in [5, 5.41) is 3.56. The molecule has 6 heteroatoms. The summed E-state index contributed by atoms with van der Waals surface area (Å²) in [7, 11) is 0. The molecule has 0 fully saturated rings. The van der Waals surface area contributed by atoms with Gasteiger partial charge in [-0.05, 0) is 12.8 Å². The van der Waals surface area contributed by atoms with Gasteiger partial charge in [0.05, 0.1) is 5.75 Å². The highest BCUT2D eigenvalue weighted by Crippen LogP contribution is 2.19. The third-order valence-electron chi connectivity index (χ3n) is 2.38. The molecule has 0 unspecified atom stereocenters. The van der Waals surface area contributed by atoms with Crippen LogP contribution in [0.2, 0.25) is 0 Å². The first-order valence-electron chi connectivity index (χ1n) is 5.66. The van der Waals surface area contributed by atoms with Crippen LogP contribution in [0.1, 0.15) is 26.7 Å². The first-order chi connectivity index (χ1) is 8.17. The molecule has 1 rings (SSSR count). The van der Waals surface area contributed by atoms with E-state index in [2.05, 4.69) is 29.1 Å². The quantitative estimate of drug-likeness (QED) is 0.751. The summed E-state index contributed by atoms with van der Waals surface area (Å²) >= 11 is 1.31. The molecule has 0 aliphatic carbocycles. The van der Waals surface area contributed by atoms with Crippen LogP contribution in [0.4, 0.5) is 5.82 Å². The summed E-state index contributed by atoms with van der Waals surface area (Å²) in [6, 6.07) is 0.252. The molecule has 1 aromatic heterocycles. The Morgan fingerprint density at radius 1 is 1.41 bits per heavy atom. The fraction of sp³-hybridized carbons (Fsp3) is 0.545. The van der Waals surface area contributed by atoms with E-state index in [4.69, 9.17) is 5.73 Å². The number of hydrogen-bond acceptors (Lipinski definition) is 5. The predicted octanol–water partition coefficient (Wildman–Crippen LogP) is 1.46. The molecule has 0 spiro atoms. The van der Waals surface area contributed by atoms with Crippen LogP contribution in [0.25, 0.3) is 0 Å². The SMILES string of the molecule is CCC(CC)NC(=O)CSc1nccnc1N. The summed E-state index contributed by atoms with van der Waals surface area (Å²) < 4.78 is 0. The molecule has 5 nitrogen and oxygen atoms in total. The number of aromatic nitrogens is 2. The van der Waals surface area contributed by atoms with Crippen molar-refractivity contribution in [2.45, 2.75) is 37.8 Å². The molecule has 94 valence electrons. The summed E-state index contributed by atoms with van der Waals surface area (Å²) in [6.07, 6.45) is 4.99. The second-order valence-corrected chi connectivity index (χ2v) is 4.58. The van der Waals surface area contributed by atoms with Gasteiger partial charge in [0.15, 0.2) is 5.82 Å². The van der Waals surface area contributed by atoms with Crippen molar-refractivity contribution in [3.05, 3.63) is 12.4 Å². The number of anilines is 1. The highest BCUT2D eigenvalue weighted by Gasteiger charge is 2.10. The number of amides is 1. The van der Waals surface area contributed by atoms with E-state index in [1.165, 1.54) is 18.0 Å². The molecule has 3 N–H and O–H groups in total. The summed E-state index contributed by atoms with van der Waals surface area (Å²) in [5.74, 6) is 0.695. The second-order valence-electron chi connectivity index (χ2n) is 3.62. The van der Waals surface area contributed by atoms with Gasteiger partial charge in [0.25, 0.3) is 0 Å². The lowest BCUT2D eigenvalue weighted by Crippen LogP contribution is -2.35. The zero-order valence-electron chi connectivity index (χ0n) is 10.1. The van der Waals surface area contributed by atoms with Crippen molar-refractivity contribution in [2.24, 2.45) is 0 Å². The van der Waals surface area contributed by atoms with Gasteiger partial charge in [0, 0.05) is 18.4 Å². The number of thioether (sulfide) groups is 1. The molecule has 0 saturated heterocycles. The highest BCUT2D eigenvalue weighted by atomic mass is 32.2. The van der Waals surface area contributed by atoms with Gasteiger partial charge in [-0.1, -0.05) is 25.6 Å². The van der Waals surface area contributed by atoms with Gasteiger partial charge in [0.1, 0.15) is 5.03 Å². The molecule has 0 aromatic carbocycles. The molecule has 17 heavy (non-hydrogen) atoms. The maximum absolute atomic E-state index is 11.6. The monoisotopic (exact) mass is 254 g/mol. The van der Waals surface area contributed by atoms with Crippen LogP contribution in [0.5, 0.6) is 0 Å². The number of hydrogen-bond donors (Lipinski definition) is 2. The average Bonchev–Trinajstić information content (AvgIpc) is 2.35. The van der Waals surface area contributed by atoms with Crippen LogP contribution in [-0.4, -0.2) is 27.7 Å². The molecule has 0 atom stereocenters. The van der Waals surface area contributed by atoms with Gasteiger partial charge >= 0.3 is 0 Å². The fourth-order valence-electron chi connectivity index (χ4n) is 1.34. The van der Waals surface area contributed by atoms with E-state index in [0.717, 1.165) is 12.8 Å². The van der Waals surface area contributed by atoms with E-state index >= 15 is 0 Å². The Labute approximate surface area is 106 Å². The number of rotatable bonds is 6. The summed E-state index contributed by atoms with van der Waals surface area (Å²) in [5.41, 5.74) is 5.63. The zero-order chi connectivity index (χ0) is 12.7. The highest BCUT2D eigenvalue weighted by molar-refractivity contribution is 8.00. The Bertz CT molecular complexity index is 368. The Hall–Kier alpha value is -1.30. The van der Waals surface area contributed by atoms with Gasteiger partial charge < -0.3 is 11.1 Å². The van der Waals surface area contributed by atoms with Crippen molar-refractivity contribution >= 4 is 23.5 Å². The normalized spacial score (nSPS) is 10.5. The number of nitrogens with zero attached hydrogens (tertiary/aromatic N) is 2. The van der Waals surface area contributed by atoms with Crippen molar-refractivity contribution in [1.82, 2.24) is 15.3 Å². The summed E-state index contributed by atoms with van der Waals surface area (Å²) in [6.45, 7) is 4.12. The molecular formula is C11H18N4OS. The Morgan fingerprint density at radius 2 is 2.06 bits per heavy atom. The van der Waals surface area contributed by atoms with Crippen LogP contribution in [0.3, 0.4) is 0 Å². The Morgan fingerprint density at radius 3 is 2.65 bits per heavy atom. The van der Waals surface area contributed by atoms with Crippen molar-refractivity contribution < 1.29 is 4.79 Å². The maximum Gasteiger partial charge on any atom is 0.230 e. The molecule has 0 radical (unpaired) electrons. The Kier molecular flexibility index (Phi) is 5.76. The van der Waals surface area contributed by atoms with E-state index in [-0.39, 0.29) is 11.9 Å². The minimum Gasteiger partial charge on any atom is -0.381 e. The van der Waals surface area contributed by atoms with E-state index in [0.29, 0.717) is 16.6 Å². The number of carbonyl (C=O) groups is 1. The fourth-order valence-corrected chi connectivity index (χ4v) is 2.03. The summed E-state index contributed by atoms with van der Waals surface area (Å²) in [4.78, 5) is 19.6. The lowest BCUT2D eigenvalue weighted by atomic mass is 10.2. The zero-order valence-corrected chi connectivity index (χ0v) is 11.0. The minimum absolute atomic E-state index is 0.00810. The van der Waals surface area contributed by atoms with Crippen LogP contribution >= 0.6 is 11.8 Å². The molecule has 0 aliphatic heterocycles. The number of nitrogens with one attached hydrogen (secondary N) is 1. The topological polar surface area (TPSA) is 80.9 Å². The lowest BCUT2D eigenvalue weighted by Gasteiger charge is -2.14. The van der Waals surface area contributed by atoms with Gasteiger partial charge in [-0.25, -0.2) is 9.97 Å². The van der Waals surface area contributed by atoms with Crippen molar-refractivity contribution in [3.8, 4) is 0 Å². The number of carbonyl (C=O) groups excluding carboxylic acids is 1. The first kappa shape index (κ1) is 13.8. The second kappa shape index (κ2) is 7.11. The molecule has 1 heterocycles. The Balaban J connectivity index is 2.41. The van der Waals surface area contributed by atoms with Crippen LogP contribution in [-0.2, 0) is 4.79 Å². The van der Waals surface area contributed by atoms with Gasteiger partial charge in [-0.3, -0.25) is 4.79 Å². The van der Waals surface area contributed by atoms with E-state index in [1.54, 1.807) is 6.20 Å². The van der Waals surface area contributed by atoms with Crippen molar-refractivity contribution in [3.63, 3.8) is 0 Å². The van der Waals surface area contributed by atoms with Gasteiger partial charge in [-0.15, -0.1) is 0 Å². The van der Waals surface area contributed by atoms with Crippen LogP contribution in [0, 0.1) is 0 Å². The molecule has 0 saturated carbocycles. The van der Waals surface area contributed by atoms with Crippen LogP contribution < -0.4 is 11.1 Å². The number of nitrogens with two attached hydrogens (primary N) is 1. The molecule has 0 aliphatic rings. The van der Waals surface area contributed by atoms with E-state index in [9.17, 15) is 4.79 Å². The van der Waals surface area contributed by atoms with E-state index < -0.39 is 0 Å². The third-order valence-corrected chi connectivity index (χ3v) is 3.38. The first-order valence-corrected chi connectivity index (χ1v) is 6.64. The molecule has 1 aromatic rings. The smallest absolute Gasteiger partial charge is 0.230 e. The molecule has 0 bridgehead atoms. The predicted molar refractivity (Wildman–Crippen MR) is 69.7 cm³/mol. The average molecular weight is 254 g/mol. The van der Waals surface area contributed by atoms with E-state index in [1.807, 2.05) is 0 Å². The maximum atomic E-state index is 11.6. The van der Waals surface area contributed by atoms with Gasteiger partial charge in [-0.2, -0.15) is 0 Å². The molecule has 1 amide bonds. The minimum atomic E-state index is 0.00810. The van der Waals surface area contributed by atoms with Crippen LogP contribution in [0.15, 0.2) is 17.4 Å². The lowest BCUT2D eigenvalue weighted by molar-refractivity contribution is -0.119. The third kappa shape index (κ3) is 4.60. The van der Waals surface area contributed by atoms with Gasteiger partial charge in [0.2, 0.25) is 5.91 Å². The molecular weight excluding hydrogens is 236 g/mol. The van der Waals surface area contributed by atoms with Crippen molar-refractivity contribution in [2.75, 3.05) is 11.5 Å². The largest absolute Gasteiger partial charge is 0.381 e. The number of nitrogen functional groups attached to an aromatic ring is 1. The standard InChI is InChI=1S/C11H18N4OS/c1-3-8(4-2)15-9(16)7-17-11-10(12)13-5-6-14-11/h5-6,8H,3-4,7H2,1-2H3,(H2,12,13)(H,15,16). The van der Waals surface area contributed by atoms with Crippen molar-refractivity contribution in [1.29, 1.82) is 0 Å².